The smallest absolute Gasteiger partial charge is 0.353 e. The van der Waals surface area contributed by atoms with E-state index in [1.54, 1.807) is 0 Å². The molecule has 1 saturated carbocycles. The zero-order valence-electron chi connectivity index (χ0n) is 13.6. The Morgan fingerprint density at radius 3 is 2.36 bits per heavy atom. The highest BCUT2D eigenvalue weighted by molar-refractivity contribution is 7.09. The Bertz CT molecular complexity index is 765. The van der Waals surface area contributed by atoms with E-state index in [0.717, 1.165) is 17.0 Å². The van der Waals surface area contributed by atoms with E-state index in [4.69, 9.17) is 0 Å². The summed E-state index contributed by atoms with van der Waals surface area (Å²) in [4.78, 5) is 16.3. The number of rotatable bonds is 3. The zero-order valence-corrected chi connectivity index (χ0v) is 14.4. The fourth-order valence-electron chi connectivity index (χ4n) is 2.85. The molecule has 2 aromatic heterocycles. The fraction of sp³-hybridized carbons (Fsp3) is 0.600. The average molecular weight is 370 g/mol. The highest BCUT2D eigenvalue weighted by Gasteiger charge is 2.34. The van der Waals surface area contributed by atoms with Crippen molar-refractivity contribution in [1.29, 1.82) is 0 Å². The van der Waals surface area contributed by atoms with Gasteiger partial charge in [0.2, 0.25) is 5.13 Å². The predicted octanol–water partition coefficient (Wildman–Crippen LogP) is 2.86. The summed E-state index contributed by atoms with van der Waals surface area (Å²) < 4.78 is 43.2. The van der Waals surface area contributed by atoms with Gasteiger partial charge < -0.3 is 9.80 Å². The minimum atomic E-state index is -4.46. The number of anilines is 2. The number of aryl methyl sites for hydroxylation is 1. The molecule has 2 fully saturated rings. The summed E-state index contributed by atoms with van der Waals surface area (Å²) >= 11 is 1.40. The maximum absolute atomic E-state index is 12.9. The second-order valence-corrected chi connectivity index (χ2v) is 7.07. The highest BCUT2D eigenvalue weighted by Crippen LogP contribution is 2.39. The minimum Gasteiger partial charge on any atom is -0.353 e. The van der Waals surface area contributed by atoms with Crippen molar-refractivity contribution in [2.75, 3.05) is 36.0 Å². The Morgan fingerprint density at radius 2 is 1.72 bits per heavy atom. The van der Waals surface area contributed by atoms with Gasteiger partial charge in [-0.2, -0.15) is 17.5 Å². The molecule has 0 radical (unpaired) electrons. The van der Waals surface area contributed by atoms with Gasteiger partial charge in [0.15, 0.2) is 0 Å². The van der Waals surface area contributed by atoms with E-state index in [-0.39, 0.29) is 5.82 Å². The first-order chi connectivity index (χ1) is 11.9. The third-order valence-electron chi connectivity index (χ3n) is 4.36. The van der Waals surface area contributed by atoms with Gasteiger partial charge in [0.1, 0.15) is 23.2 Å². The van der Waals surface area contributed by atoms with Gasteiger partial charge in [0.05, 0.1) is 0 Å². The van der Waals surface area contributed by atoms with E-state index in [1.165, 1.54) is 31.3 Å². The lowest BCUT2D eigenvalue weighted by molar-refractivity contribution is -0.141. The van der Waals surface area contributed by atoms with E-state index in [2.05, 4.69) is 24.2 Å². The zero-order chi connectivity index (χ0) is 17.6. The second-order valence-electron chi connectivity index (χ2n) is 6.34. The number of nitrogens with zero attached hydrogens (tertiary/aromatic N) is 6. The predicted molar refractivity (Wildman–Crippen MR) is 88.1 cm³/mol. The average Bonchev–Trinajstić information content (AvgIpc) is 3.31. The summed E-state index contributed by atoms with van der Waals surface area (Å²) in [6.45, 7) is 4.03. The van der Waals surface area contributed by atoms with Crippen molar-refractivity contribution >= 4 is 22.5 Å². The van der Waals surface area contributed by atoms with E-state index < -0.39 is 11.9 Å². The van der Waals surface area contributed by atoms with Crippen LogP contribution in [0, 0.1) is 6.92 Å². The molecule has 1 aliphatic heterocycles. The molecule has 2 aromatic rings. The van der Waals surface area contributed by atoms with Gasteiger partial charge in [-0.3, -0.25) is 0 Å². The van der Waals surface area contributed by atoms with Crippen molar-refractivity contribution in [1.82, 2.24) is 19.3 Å². The molecule has 1 saturated heterocycles. The summed E-state index contributed by atoms with van der Waals surface area (Å²) in [5.41, 5.74) is -0.893. The summed E-state index contributed by atoms with van der Waals surface area (Å²) in [5.74, 6) is 1.92. The normalized spacial score (nSPS) is 18.7. The third kappa shape index (κ3) is 3.53. The number of hydrogen-bond donors (Lipinski definition) is 0. The number of hydrogen-bond acceptors (Lipinski definition) is 7. The van der Waals surface area contributed by atoms with Crippen LogP contribution in [0.3, 0.4) is 0 Å². The Balaban J connectivity index is 1.45. The molecule has 2 aliphatic rings. The van der Waals surface area contributed by atoms with Crippen LogP contribution in [0.4, 0.5) is 24.1 Å². The maximum atomic E-state index is 12.9. The molecule has 0 unspecified atom stereocenters. The Morgan fingerprint density at radius 1 is 1.04 bits per heavy atom. The molecule has 6 nitrogen and oxygen atoms in total. The molecule has 0 N–H and O–H groups in total. The third-order valence-corrected chi connectivity index (χ3v) is 5.15. The van der Waals surface area contributed by atoms with Crippen LogP contribution >= 0.6 is 11.5 Å². The van der Waals surface area contributed by atoms with Crippen molar-refractivity contribution in [3.05, 3.63) is 23.4 Å². The molecular formula is C15H17F3N6S. The van der Waals surface area contributed by atoms with Crippen LogP contribution < -0.4 is 9.80 Å². The molecule has 1 aliphatic carbocycles. The quantitative estimate of drug-likeness (QED) is 0.828. The van der Waals surface area contributed by atoms with Crippen molar-refractivity contribution < 1.29 is 13.2 Å². The first-order valence-corrected chi connectivity index (χ1v) is 8.94. The van der Waals surface area contributed by atoms with E-state index in [9.17, 15) is 13.2 Å². The lowest BCUT2D eigenvalue weighted by Gasteiger charge is -2.35. The Hall–Kier alpha value is -1.97. The van der Waals surface area contributed by atoms with Crippen LogP contribution in [0.25, 0.3) is 0 Å². The van der Waals surface area contributed by atoms with Gasteiger partial charge >= 0.3 is 6.18 Å². The SMILES string of the molecule is Cc1nc(N2CCN(c3nc(C4CC4)ns3)CC2)cc(C(F)(F)F)n1. The van der Waals surface area contributed by atoms with Crippen molar-refractivity contribution in [2.45, 2.75) is 31.9 Å². The Labute approximate surface area is 146 Å². The van der Waals surface area contributed by atoms with Crippen molar-refractivity contribution in [3.8, 4) is 0 Å². The molecule has 0 amide bonds. The van der Waals surface area contributed by atoms with Crippen LogP contribution in [0.1, 0.15) is 36.1 Å². The molecule has 134 valence electrons. The van der Waals surface area contributed by atoms with Crippen LogP contribution in [0.15, 0.2) is 6.07 Å². The highest BCUT2D eigenvalue weighted by atomic mass is 32.1. The molecule has 0 bridgehead atoms. The van der Waals surface area contributed by atoms with Gasteiger partial charge in [0.25, 0.3) is 0 Å². The van der Waals surface area contributed by atoms with Gasteiger partial charge in [-0.15, -0.1) is 0 Å². The Kier molecular flexibility index (Phi) is 4.01. The maximum Gasteiger partial charge on any atom is 0.433 e. The van der Waals surface area contributed by atoms with Crippen LogP contribution in [-0.2, 0) is 6.18 Å². The van der Waals surface area contributed by atoms with Gasteiger partial charge in [-0.25, -0.2) is 15.0 Å². The number of aromatic nitrogens is 4. The fourth-order valence-corrected chi connectivity index (χ4v) is 3.65. The van der Waals surface area contributed by atoms with Crippen LogP contribution in [0.2, 0.25) is 0 Å². The lowest BCUT2D eigenvalue weighted by atomic mass is 10.3. The summed E-state index contributed by atoms with van der Waals surface area (Å²) in [6.07, 6.45) is -2.13. The molecule has 4 rings (SSSR count). The molecule has 0 atom stereocenters. The monoisotopic (exact) mass is 370 g/mol. The van der Waals surface area contributed by atoms with Crippen molar-refractivity contribution in [3.63, 3.8) is 0 Å². The van der Waals surface area contributed by atoms with Gasteiger partial charge in [0, 0.05) is 49.7 Å². The second kappa shape index (κ2) is 6.08. The molecule has 10 heteroatoms. The molecular weight excluding hydrogens is 353 g/mol. The minimum absolute atomic E-state index is 0.130. The molecule has 25 heavy (non-hydrogen) atoms. The van der Waals surface area contributed by atoms with Crippen molar-refractivity contribution in [2.24, 2.45) is 0 Å². The van der Waals surface area contributed by atoms with Gasteiger partial charge in [-0.05, 0) is 19.8 Å². The van der Waals surface area contributed by atoms with E-state index in [0.29, 0.717) is 37.9 Å². The van der Waals surface area contributed by atoms with E-state index >= 15 is 0 Å². The lowest BCUT2D eigenvalue weighted by Crippen LogP contribution is -2.47. The summed E-state index contributed by atoms with van der Waals surface area (Å²) in [5, 5.41) is 0.899. The summed E-state index contributed by atoms with van der Waals surface area (Å²) in [7, 11) is 0. The first-order valence-electron chi connectivity index (χ1n) is 8.16. The number of piperazine rings is 1. The molecule has 0 spiro atoms. The van der Waals surface area contributed by atoms with E-state index in [1.807, 2.05) is 4.90 Å². The summed E-state index contributed by atoms with van der Waals surface area (Å²) in [6, 6.07) is 1.03. The van der Waals surface area contributed by atoms with Crippen LogP contribution in [0.5, 0.6) is 0 Å². The van der Waals surface area contributed by atoms with Gasteiger partial charge in [-0.1, -0.05) is 0 Å². The first kappa shape index (κ1) is 16.5. The van der Waals surface area contributed by atoms with Crippen LogP contribution in [-0.4, -0.2) is 45.5 Å². The largest absolute Gasteiger partial charge is 0.433 e. The topological polar surface area (TPSA) is 58.0 Å². The number of alkyl halides is 3. The molecule has 0 aromatic carbocycles. The molecule has 3 heterocycles. The standard InChI is InChI=1S/C15H17F3N6S/c1-9-19-11(15(16,17)18)8-12(20-9)23-4-6-24(7-5-23)14-21-13(22-25-14)10-2-3-10/h8,10H,2-7H2,1H3. The number of halogens is 3.